The average Bonchev–Trinajstić information content (AvgIpc) is 2.44. The molecule has 1 aliphatic rings. The number of hydrogen-bond acceptors (Lipinski definition) is 3. The van der Waals surface area contributed by atoms with Gasteiger partial charge in [0.15, 0.2) is 0 Å². The summed E-state index contributed by atoms with van der Waals surface area (Å²) in [5.74, 6) is -0.713. The van der Waals surface area contributed by atoms with Crippen LogP contribution in [0.15, 0.2) is 18.2 Å². The predicted molar refractivity (Wildman–Crippen MR) is 72.3 cm³/mol. The van der Waals surface area contributed by atoms with Crippen LogP contribution < -0.4 is 5.32 Å². The third kappa shape index (κ3) is 4.10. The standard InChI is InChI=1S/C14H17F3N2O2/c15-14(16,17)9-19(6-7-20)13(21)11-3-4-12-10(8-11)2-1-5-18-12/h3-4,8,18,20H,1-2,5-7,9H2. The highest BCUT2D eigenvalue weighted by atomic mass is 19.4. The summed E-state index contributed by atoms with van der Waals surface area (Å²) in [5.41, 5.74) is 2.07. The highest BCUT2D eigenvalue weighted by molar-refractivity contribution is 5.95. The first-order valence-electron chi connectivity index (χ1n) is 6.74. The summed E-state index contributed by atoms with van der Waals surface area (Å²) in [6.45, 7) is -1.35. The fraction of sp³-hybridized carbons (Fsp3) is 0.500. The monoisotopic (exact) mass is 302 g/mol. The summed E-state index contributed by atoms with van der Waals surface area (Å²) in [7, 11) is 0. The number of aliphatic hydroxyl groups excluding tert-OH is 1. The molecule has 7 heteroatoms. The molecule has 1 aromatic carbocycles. The Bertz CT molecular complexity index is 517. The van der Waals surface area contributed by atoms with Gasteiger partial charge in [0.2, 0.25) is 0 Å². The molecule has 2 rings (SSSR count). The maximum absolute atomic E-state index is 12.5. The van der Waals surface area contributed by atoms with E-state index in [2.05, 4.69) is 5.32 Å². The number of benzene rings is 1. The lowest BCUT2D eigenvalue weighted by molar-refractivity contribution is -0.141. The number of aliphatic hydroxyl groups is 1. The first-order valence-corrected chi connectivity index (χ1v) is 6.74. The van der Waals surface area contributed by atoms with Gasteiger partial charge in [-0.2, -0.15) is 13.2 Å². The van der Waals surface area contributed by atoms with Gasteiger partial charge in [0, 0.05) is 24.3 Å². The van der Waals surface area contributed by atoms with Gasteiger partial charge in [-0.3, -0.25) is 4.79 Å². The van der Waals surface area contributed by atoms with Crippen LogP contribution in [0.5, 0.6) is 0 Å². The van der Waals surface area contributed by atoms with Crippen LogP contribution >= 0.6 is 0 Å². The van der Waals surface area contributed by atoms with Crippen molar-refractivity contribution in [2.24, 2.45) is 0 Å². The largest absolute Gasteiger partial charge is 0.406 e. The van der Waals surface area contributed by atoms with E-state index in [9.17, 15) is 18.0 Å². The van der Waals surface area contributed by atoms with Crippen LogP contribution in [0.1, 0.15) is 22.3 Å². The number of carbonyl (C=O) groups excluding carboxylic acids is 1. The fourth-order valence-electron chi connectivity index (χ4n) is 2.38. The molecule has 1 aromatic rings. The van der Waals surface area contributed by atoms with Crippen LogP contribution in [0.25, 0.3) is 0 Å². The summed E-state index contributed by atoms with van der Waals surface area (Å²) in [6.07, 6.45) is -2.77. The molecule has 4 nitrogen and oxygen atoms in total. The maximum Gasteiger partial charge on any atom is 0.406 e. The Kier molecular flexibility index (Phi) is 4.72. The van der Waals surface area contributed by atoms with Crippen LogP contribution in [0.2, 0.25) is 0 Å². The minimum atomic E-state index is -4.49. The Morgan fingerprint density at radius 1 is 1.38 bits per heavy atom. The lowest BCUT2D eigenvalue weighted by Gasteiger charge is -2.24. The van der Waals surface area contributed by atoms with Gasteiger partial charge in [-0.1, -0.05) is 0 Å². The van der Waals surface area contributed by atoms with Gasteiger partial charge < -0.3 is 15.3 Å². The summed E-state index contributed by atoms with van der Waals surface area (Å²) < 4.78 is 37.5. The first kappa shape index (κ1) is 15.6. The molecule has 1 aliphatic heterocycles. The quantitative estimate of drug-likeness (QED) is 0.895. The second kappa shape index (κ2) is 6.34. The minimum Gasteiger partial charge on any atom is -0.395 e. The van der Waals surface area contributed by atoms with E-state index in [1.54, 1.807) is 12.1 Å². The number of hydrogen-bond donors (Lipinski definition) is 2. The zero-order valence-electron chi connectivity index (χ0n) is 11.4. The van der Waals surface area contributed by atoms with Crippen molar-refractivity contribution >= 4 is 11.6 Å². The van der Waals surface area contributed by atoms with Gasteiger partial charge in [0.25, 0.3) is 5.91 Å². The van der Waals surface area contributed by atoms with Crippen molar-refractivity contribution in [2.45, 2.75) is 19.0 Å². The molecule has 0 aromatic heterocycles. The van der Waals surface area contributed by atoms with Crippen molar-refractivity contribution in [3.63, 3.8) is 0 Å². The molecule has 0 atom stereocenters. The van der Waals surface area contributed by atoms with Crippen LogP contribution in [0.3, 0.4) is 0 Å². The van der Waals surface area contributed by atoms with E-state index in [1.807, 2.05) is 0 Å². The molecule has 0 spiro atoms. The second-order valence-corrected chi connectivity index (χ2v) is 4.97. The molecule has 0 unspecified atom stereocenters. The molecule has 116 valence electrons. The number of alkyl halides is 3. The number of amides is 1. The molecule has 0 fully saturated rings. The molecular weight excluding hydrogens is 285 g/mol. The zero-order valence-corrected chi connectivity index (χ0v) is 11.4. The lowest BCUT2D eigenvalue weighted by Crippen LogP contribution is -2.40. The molecule has 0 saturated carbocycles. The topological polar surface area (TPSA) is 52.6 Å². The van der Waals surface area contributed by atoms with Crippen LogP contribution in [-0.4, -0.2) is 48.3 Å². The summed E-state index contributed by atoms with van der Waals surface area (Å²) >= 11 is 0. The highest BCUT2D eigenvalue weighted by Gasteiger charge is 2.33. The lowest BCUT2D eigenvalue weighted by atomic mass is 10.0. The summed E-state index contributed by atoms with van der Waals surface area (Å²) in [6, 6.07) is 4.86. The number of nitrogens with one attached hydrogen (secondary N) is 1. The van der Waals surface area contributed by atoms with Crippen molar-refractivity contribution in [3.05, 3.63) is 29.3 Å². The molecule has 21 heavy (non-hydrogen) atoms. The molecular formula is C14H17F3N2O2. The smallest absolute Gasteiger partial charge is 0.395 e. The Balaban J connectivity index is 2.20. The second-order valence-electron chi connectivity index (χ2n) is 4.97. The van der Waals surface area contributed by atoms with Gasteiger partial charge >= 0.3 is 6.18 Å². The van der Waals surface area contributed by atoms with Crippen LogP contribution in [0.4, 0.5) is 18.9 Å². The van der Waals surface area contributed by atoms with E-state index in [-0.39, 0.29) is 12.1 Å². The Morgan fingerprint density at radius 3 is 2.81 bits per heavy atom. The van der Waals surface area contributed by atoms with Gasteiger partial charge in [0.1, 0.15) is 6.54 Å². The van der Waals surface area contributed by atoms with Crippen molar-refractivity contribution in [1.29, 1.82) is 0 Å². The number of aryl methyl sites for hydroxylation is 1. The van der Waals surface area contributed by atoms with Crippen LogP contribution in [-0.2, 0) is 6.42 Å². The van der Waals surface area contributed by atoms with E-state index < -0.39 is 25.2 Å². The molecule has 0 radical (unpaired) electrons. The first-order chi connectivity index (χ1) is 9.90. The Labute approximate surface area is 120 Å². The van der Waals surface area contributed by atoms with E-state index in [0.717, 1.165) is 30.6 Å². The minimum absolute atomic E-state index is 0.218. The van der Waals surface area contributed by atoms with Crippen LogP contribution in [0, 0.1) is 0 Å². The van der Waals surface area contributed by atoms with Crippen molar-refractivity contribution < 1.29 is 23.1 Å². The SMILES string of the molecule is O=C(c1ccc2c(c1)CCCN2)N(CCO)CC(F)(F)F. The molecule has 1 amide bonds. The van der Waals surface area contributed by atoms with Crippen molar-refractivity contribution in [2.75, 3.05) is 31.6 Å². The molecule has 0 aliphatic carbocycles. The molecule has 0 bridgehead atoms. The number of fused-ring (bicyclic) bond motifs is 1. The highest BCUT2D eigenvalue weighted by Crippen LogP contribution is 2.24. The number of halogens is 3. The van der Waals surface area contributed by atoms with Crippen molar-refractivity contribution in [3.8, 4) is 0 Å². The Morgan fingerprint density at radius 2 is 2.14 bits per heavy atom. The van der Waals surface area contributed by atoms with Gasteiger partial charge in [-0.05, 0) is 36.6 Å². The number of anilines is 1. The number of rotatable bonds is 4. The van der Waals surface area contributed by atoms with Crippen molar-refractivity contribution in [1.82, 2.24) is 4.90 Å². The van der Waals surface area contributed by atoms with Gasteiger partial charge in [-0.25, -0.2) is 0 Å². The molecule has 2 N–H and O–H groups in total. The predicted octanol–water partition coefficient (Wildman–Crippen LogP) is 2.04. The van der Waals surface area contributed by atoms with Gasteiger partial charge in [-0.15, -0.1) is 0 Å². The van der Waals surface area contributed by atoms with Gasteiger partial charge in [0.05, 0.1) is 6.61 Å². The maximum atomic E-state index is 12.5. The fourth-order valence-corrected chi connectivity index (χ4v) is 2.38. The summed E-state index contributed by atoms with van der Waals surface area (Å²) in [4.78, 5) is 12.8. The normalized spacial score (nSPS) is 14.3. The third-order valence-corrected chi connectivity index (χ3v) is 3.32. The molecule has 1 heterocycles. The molecule has 0 saturated heterocycles. The summed E-state index contributed by atoms with van der Waals surface area (Å²) in [5, 5.41) is 12.0. The Hall–Kier alpha value is -1.76. The van der Waals surface area contributed by atoms with E-state index >= 15 is 0 Å². The van der Waals surface area contributed by atoms with E-state index in [4.69, 9.17) is 5.11 Å². The number of nitrogens with zero attached hydrogens (tertiary/aromatic N) is 1. The van der Waals surface area contributed by atoms with E-state index in [0.29, 0.717) is 4.90 Å². The average molecular weight is 302 g/mol. The number of carbonyl (C=O) groups is 1. The third-order valence-electron chi connectivity index (χ3n) is 3.32. The zero-order chi connectivity index (χ0) is 15.5. The van der Waals surface area contributed by atoms with E-state index in [1.165, 1.54) is 6.07 Å².